The second-order valence-corrected chi connectivity index (χ2v) is 4.63. The monoisotopic (exact) mass is 232 g/mol. The Bertz CT molecular complexity index is 375. The molecule has 1 fully saturated rings. The molecule has 0 aliphatic heterocycles. The van der Waals surface area contributed by atoms with Crippen molar-refractivity contribution in [3.8, 4) is 0 Å². The van der Waals surface area contributed by atoms with E-state index in [0.29, 0.717) is 5.82 Å². The zero-order valence-corrected chi connectivity index (χ0v) is 9.38. The van der Waals surface area contributed by atoms with Gasteiger partial charge in [-0.3, -0.25) is 0 Å². The third-order valence-electron chi connectivity index (χ3n) is 3.04. The maximum atomic E-state index is 12.6. The molecule has 0 spiro atoms. The third kappa shape index (κ3) is 1.95. The average Bonchev–Trinajstić information content (AvgIpc) is 2.44. The van der Waals surface area contributed by atoms with Gasteiger partial charge in [0, 0.05) is 18.2 Å². The Balaban J connectivity index is 2.37. The minimum absolute atomic E-state index is 0.0247. The van der Waals surface area contributed by atoms with E-state index in [1.54, 1.807) is 4.57 Å². The zero-order valence-electron chi connectivity index (χ0n) is 9.38. The van der Waals surface area contributed by atoms with Crippen LogP contribution in [-0.2, 0) is 6.18 Å². The van der Waals surface area contributed by atoms with Gasteiger partial charge in [-0.25, -0.2) is 4.98 Å². The van der Waals surface area contributed by atoms with Crippen LogP contribution in [0.3, 0.4) is 0 Å². The Morgan fingerprint density at radius 2 is 2.00 bits per heavy atom. The summed E-state index contributed by atoms with van der Waals surface area (Å²) in [7, 11) is 0. The molecule has 0 bridgehead atoms. The van der Waals surface area contributed by atoms with E-state index in [0.717, 1.165) is 19.3 Å². The largest absolute Gasteiger partial charge is 0.434 e. The standard InChI is InChI=1S/C11H15F3N2/c1-7(2)10-15-9(11(12,13)14)6-16(10)8-4-3-5-8/h6-8H,3-5H2,1-2H3. The van der Waals surface area contributed by atoms with Crippen LogP contribution in [0.1, 0.15) is 56.6 Å². The van der Waals surface area contributed by atoms with E-state index >= 15 is 0 Å². The third-order valence-corrected chi connectivity index (χ3v) is 3.04. The van der Waals surface area contributed by atoms with Crippen molar-refractivity contribution in [2.75, 3.05) is 0 Å². The normalized spacial score (nSPS) is 17.9. The maximum absolute atomic E-state index is 12.6. The minimum atomic E-state index is -4.33. The van der Waals surface area contributed by atoms with Gasteiger partial charge in [0.25, 0.3) is 0 Å². The van der Waals surface area contributed by atoms with Crippen molar-refractivity contribution in [3.05, 3.63) is 17.7 Å². The summed E-state index contributed by atoms with van der Waals surface area (Å²) in [5, 5.41) is 0. The average molecular weight is 232 g/mol. The molecule has 0 atom stereocenters. The van der Waals surface area contributed by atoms with Crippen molar-refractivity contribution in [2.24, 2.45) is 0 Å². The highest BCUT2D eigenvalue weighted by Crippen LogP contribution is 2.37. The molecule has 0 unspecified atom stereocenters. The Kier molecular flexibility index (Phi) is 2.72. The van der Waals surface area contributed by atoms with E-state index in [1.807, 2.05) is 13.8 Å². The topological polar surface area (TPSA) is 17.8 Å². The fourth-order valence-electron chi connectivity index (χ4n) is 1.93. The fourth-order valence-corrected chi connectivity index (χ4v) is 1.93. The van der Waals surface area contributed by atoms with Crippen molar-refractivity contribution in [1.29, 1.82) is 0 Å². The maximum Gasteiger partial charge on any atom is 0.434 e. The van der Waals surface area contributed by atoms with Gasteiger partial charge in [0.05, 0.1) is 0 Å². The molecule has 0 radical (unpaired) electrons. The number of aromatic nitrogens is 2. The highest BCUT2D eigenvalue weighted by atomic mass is 19.4. The van der Waals surface area contributed by atoms with Gasteiger partial charge in [-0.05, 0) is 19.3 Å². The highest BCUT2D eigenvalue weighted by Gasteiger charge is 2.36. The Morgan fingerprint density at radius 3 is 2.38 bits per heavy atom. The lowest BCUT2D eigenvalue weighted by atomic mass is 9.92. The number of rotatable bonds is 2. The van der Waals surface area contributed by atoms with E-state index < -0.39 is 11.9 Å². The van der Waals surface area contributed by atoms with Crippen LogP contribution in [-0.4, -0.2) is 9.55 Å². The van der Waals surface area contributed by atoms with Crippen LogP contribution in [0.25, 0.3) is 0 Å². The first kappa shape index (κ1) is 11.5. The molecule has 0 aromatic carbocycles. The van der Waals surface area contributed by atoms with E-state index in [2.05, 4.69) is 4.98 Å². The van der Waals surface area contributed by atoms with Crippen LogP contribution in [0.15, 0.2) is 6.20 Å². The molecule has 2 nitrogen and oxygen atoms in total. The Labute approximate surface area is 92.5 Å². The molecule has 0 N–H and O–H groups in total. The summed E-state index contributed by atoms with van der Waals surface area (Å²) in [5.41, 5.74) is -0.761. The lowest BCUT2D eigenvalue weighted by Crippen LogP contribution is -2.19. The second kappa shape index (κ2) is 3.79. The predicted octanol–water partition coefficient (Wildman–Crippen LogP) is 3.75. The molecule has 2 rings (SSSR count). The van der Waals surface area contributed by atoms with Crippen LogP contribution in [0.5, 0.6) is 0 Å². The number of imidazole rings is 1. The summed E-state index contributed by atoms with van der Waals surface area (Å²) in [5.74, 6) is 0.578. The zero-order chi connectivity index (χ0) is 11.9. The molecule has 5 heteroatoms. The number of hydrogen-bond acceptors (Lipinski definition) is 1. The molecule has 1 heterocycles. The molecule has 0 saturated heterocycles. The van der Waals surface area contributed by atoms with Gasteiger partial charge in [0.15, 0.2) is 5.69 Å². The van der Waals surface area contributed by atoms with Crippen molar-refractivity contribution >= 4 is 0 Å². The van der Waals surface area contributed by atoms with Crippen LogP contribution in [0, 0.1) is 0 Å². The lowest BCUT2D eigenvalue weighted by molar-refractivity contribution is -0.141. The summed E-state index contributed by atoms with van der Waals surface area (Å²) >= 11 is 0. The van der Waals surface area contributed by atoms with Gasteiger partial charge in [0.1, 0.15) is 5.82 Å². The van der Waals surface area contributed by atoms with E-state index in [9.17, 15) is 13.2 Å². The van der Waals surface area contributed by atoms with Crippen molar-refractivity contribution < 1.29 is 13.2 Å². The highest BCUT2D eigenvalue weighted by molar-refractivity contribution is 5.12. The molecular weight excluding hydrogens is 217 g/mol. The van der Waals surface area contributed by atoms with E-state index in [-0.39, 0.29) is 12.0 Å². The summed E-state index contributed by atoms with van der Waals surface area (Å²) in [6.07, 6.45) is -0.139. The molecule has 0 amide bonds. The molecule has 16 heavy (non-hydrogen) atoms. The first-order valence-corrected chi connectivity index (χ1v) is 5.55. The van der Waals surface area contributed by atoms with Crippen molar-refractivity contribution in [1.82, 2.24) is 9.55 Å². The molecule has 1 aliphatic carbocycles. The smallest absolute Gasteiger partial charge is 0.331 e. The van der Waals surface area contributed by atoms with Crippen LogP contribution < -0.4 is 0 Å². The number of halogens is 3. The fraction of sp³-hybridized carbons (Fsp3) is 0.727. The van der Waals surface area contributed by atoms with E-state index in [1.165, 1.54) is 6.20 Å². The Hall–Kier alpha value is -1.00. The lowest BCUT2D eigenvalue weighted by Gasteiger charge is -2.29. The van der Waals surface area contributed by atoms with Gasteiger partial charge in [-0.15, -0.1) is 0 Å². The summed E-state index contributed by atoms with van der Waals surface area (Å²) in [6, 6.07) is 0.223. The molecular formula is C11H15F3N2. The molecule has 1 saturated carbocycles. The number of nitrogens with zero attached hydrogens (tertiary/aromatic N) is 2. The first-order chi connectivity index (χ1) is 7.39. The van der Waals surface area contributed by atoms with Gasteiger partial charge in [0.2, 0.25) is 0 Å². The van der Waals surface area contributed by atoms with Gasteiger partial charge in [-0.2, -0.15) is 13.2 Å². The second-order valence-electron chi connectivity index (χ2n) is 4.63. The van der Waals surface area contributed by atoms with Crippen LogP contribution in [0.4, 0.5) is 13.2 Å². The summed E-state index contributed by atoms with van der Waals surface area (Å²) in [4.78, 5) is 3.72. The van der Waals surface area contributed by atoms with E-state index in [4.69, 9.17) is 0 Å². The Morgan fingerprint density at radius 1 is 1.38 bits per heavy atom. The summed E-state index contributed by atoms with van der Waals surface area (Å²) in [6.45, 7) is 3.75. The van der Waals surface area contributed by atoms with Gasteiger partial charge in [-0.1, -0.05) is 13.8 Å². The molecule has 1 aromatic heterocycles. The number of hydrogen-bond donors (Lipinski definition) is 0. The first-order valence-electron chi connectivity index (χ1n) is 5.55. The predicted molar refractivity (Wildman–Crippen MR) is 54.2 cm³/mol. The minimum Gasteiger partial charge on any atom is -0.331 e. The van der Waals surface area contributed by atoms with Crippen LogP contribution in [0.2, 0.25) is 0 Å². The molecule has 90 valence electrons. The van der Waals surface area contributed by atoms with Gasteiger partial charge < -0.3 is 4.57 Å². The van der Waals surface area contributed by atoms with Crippen LogP contribution >= 0.6 is 0 Å². The van der Waals surface area contributed by atoms with Gasteiger partial charge >= 0.3 is 6.18 Å². The molecule has 1 aromatic rings. The summed E-state index contributed by atoms with van der Waals surface area (Å²) < 4.78 is 39.4. The number of alkyl halides is 3. The van der Waals surface area contributed by atoms with Crippen molar-refractivity contribution in [2.45, 2.75) is 51.2 Å². The molecule has 1 aliphatic rings. The quantitative estimate of drug-likeness (QED) is 0.759. The van der Waals surface area contributed by atoms with Crippen molar-refractivity contribution in [3.63, 3.8) is 0 Å². The SMILES string of the molecule is CC(C)c1nc(C(F)(F)F)cn1C1CCC1.